The lowest BCUT2D eigenvalue weighted by Gasteiger charge is -2.03. The lowest BCUT2D eigenvalue weighted by atomic mass is 10.2. The first-order chi connectivity index (χ1) is 6.77. The maximum Gasteiger partial charge on any atom is 0.223 e. The third-order valence-electron chi connectivity index (χ3n) is 2.76. The predicted octanol–water partition coefficient (Wildman–Crippen LogP) is 1.96. The van der Waals surface area contributed by atoms with E-state index in [-0.39, 0.29) is 11.8 Å². The van der Waals surface area contributed by atoms with Gasteiger partial charge < -0.3 is 5.32 Å². The van der Waals surface area contributed by atoms with Crippen LogP contribution in [-0.4, -0.2) is 5.91 Å². The van der Waals surface area contributed by atoms with Crippen molar-refractivity contribution >= 4 is 5.91 Å². The molecule has 1 N–H and O–H groups in total. The third-order valence-corrected chi connectivity index (χ3v) is 2.76. The summed E-state index contributed by atoms with van der Waals surface area (Å²) in [5, 5.41) is 2.95. The Bertz CT molecular complexity index is 320. The summed E-state index contributed by atoms with van der Waals surface area (Å²) >= 11 is 0. The van der Waals surface area contributed by atoms with Crippen molar-refractivity contribution in [3.05, 3.63) is 35.9 Å². The number of nitrogens with one attached hydrogen (secondary N) is 1. The Morgan fingerprint density at radius 3 is 2.64 bits per heavy atom. The molecule has 0 heterocycles. The van der Waals surface area contributed by atoms with Gasteiger partial charge >= 0.3 is 0 Å². The van der Waals surface area contributed by atoms with Gasteiger partial charge in [0.05, 0.1) is 0 Å². The van der Waals surface area contributed by atoms with E-state index < -0.39 is 0 Å². The molecule has 1 saturated carbocycles. The lowest BCUT2D eigenvalue weighted by Crippen LogP contribution is -2.24. The van der Waals surface area contributed by atoms with Crippen LogP contribution < -0.4 is 5.32 Å². The highest BCUT2D eigenvalue weighted by Gasteiger charge is 2.38. The molecule has 1 aliphatic carbocycles. The SMILES string of the molecule is C[C@H]1C[C@@H]1C(=O)NCc1ccccc1. The van der Waals surface area contributed by atoms with E-state index in [4.69, 9.17) is 0 Å². The van der Waals surface area contributed by atoms with Gasteiger partial charge in [-0.25, -0.2) is 0 Å². The molecule has 0 aromatic heterocycles. The first kappa shape index (κ1) is 9.25. The van der Waals surface area contributed by atoms with Gasteiger partial charge in [0, 0.05) is 12.5 Å². The summed E-state index contributed by atoms with van der Waals surface area (Å²) in [5.74, 6) is 1.07. The van der Waals surface area contributed by atoms with Crippen molar-refractivity contribution in [2.75, 3.05) is 0 Å². The summed E-state index contributed by atoms with van der Waals surface area (Å²) in [6, 6.07) is 10.0. The molecule has 0 bridgehead atoms. The minimum Gasteiger partial charge on any atom is -0.352 e. The molecule has 2 rings (SSSR count). The average Bonchev–Trinajstić information content (AvgIpc) is 2.94. The Labute approximate surface area is 84.3 Å². The zero-order chi connectivity index (χ0) is 9.97. The molecule has 1 aromatic carbocycles. The van der Waals surface area contributed by atoms with Crippen LogP contribution in [0.5, 0.6) is 0 Å². The number of hydrogen-bond donors (Lipinski definition) is 1. The second kappa shape index (κ2) is 3.82. The van der Waals surface area contributed by atoms with Gasteiger partial charge in [-0.1, -0.05) is 37.3 Å². The van der Waals surface area contributed by atoms with Crippen LogP contribution in [0.4, 0.5) is 0 Å². The van der Waals surface area contributed by atoms with Gasteiger partial charge in [0.15, 0.2) is 0 Å². The number of carbonyl (C=O) groups is 1. The maximum absolute atomic E-state index is 11.5. The second-order valence-corrected chi connectivity index (χ2v) is 4.02. The van der Waals surface area contributed by atoms with Crippen molar-refractivity contribution < 1.29 is 4.79 Å². The largest absolute Gasteiger partial charge is 0.352 e. The minimum atomic E-state index is 0.210. The van der Waals surface area contributed by atoms with Crippen molar-refractivity contribution in [2.24, 2.45) is 11.8 Å². The van der Waals surface area contributed by atoms with Gasteiger partial charge in [-0.2, -0.15) is 0 Å². The minimum absolute atomic E-state index is 0.210. The van der Waals surface area contributed by atoms with Gasteiger partial charge in [0.2, 0.25) is 5.91 Å². The first-order valence-corrected chi connectivity index (χ1v) is 5.09. The molecular formula is C12H15NO. The molecule has 2 nitrogen and oxygen atoms in total. The van der Waals surface area contributed by atoms with Gasteiger partial charge in [0.25, 0.3) is 0 Å². The van der Waals surface area contributed by atoms with Gasteiger partial charge in [-0.3, -0.25) is 4.79 Å². The van der Waals surface area contributed by atoms with E-state index in [1.54, 1.807) is 0 Å². The zero-order valence-electron chi connectivity index (χ0n) is 8.36. The molecule has 1 amide bonds. The Balaban J connectivity index is 1.80. The van der Waals surface area contributed by atoms with Crippen molar-refractivity contribution in [3.8, 4) is 0 Å². The fourth-order valence-electron chi connectivity index (χ4n) is 1.60. The van der Waals surface area contributed by atoms with E-state index in [0.717, 1.165) is 12.0 Å². The van der Waals surface area contributed by atoms with Crippen LogP contribution in [0.15, 0.2) is 30.3 Å². The molecule has 1 aromatic rings. The van der Waals surface area contributed by atoms with E-state index in [1.165, 1.54) is 0 Å². The molecule has 2 heteroatoms. The molecule has 1 fully saturated rings. The van der Waals surface area contributed by atoms with Crippen molar-refractivity contribution in [1.29, 1.82) is 0 Å². The highest BCUT2D eigenvalue weighted by atomic mass is 16.2. The smallest absolute Gasteiger partial charge is 0.223 e. The van der Waals surface area contributed by atoms with Crippen LogP contribution in [-0.2, 0) is 11.3 Å². The van der Waals surface area contributed by atoms with Crippen molar-refractivity contribution in [2.45, 2.75) is 19.9 Å². The molecule has 2 atom stereocenters. The molecule has 0 radical (unpaired) electrons. The second-order valence-electron chi connectivity index (χ2n) is 4.02. The molecule has 14 heavy (non-hydrogen) atoms. The Hall–Kier alpha value is -1.31. The topological polar surface area (TPSA) is 29.1 Å². The number of carbonyl (C=O) groups excluding carboxylic acids is 1. The van der Waals surface area contributed by atoms with Crippen LogP contribution in [0.3, 0.4) is 0 Å². The van der Waals surface area contributed by atoms with Gasteiger partial charge in [-0.05, 0) is 17.9 Å². The van der Waals surface area contributed by atoms with E-state index >= 15 is 0 Å². The van der Waals surface area contributed by atoms with Crippen LogP contribution in [0, 0.1) is 11.8 Å². The summed E-state index contributed by atoms with van der Waals surface area (Å²) in [4.78, 5) is 11.5. The van der Waals surface area contributed by atoms with Crippen LogP contribution in [0.2, 0.25) is 0 Å². The number of hydrogen-bond acceptors (Lipinski definition) is 1. The van der Waals surface area contributed by atoms with Crippen molar-refractivity contribution in [3.63, 3.8) is 0 Å². The Morgan fingerprint density at radius 1 is 1.43 bits per heavy atom. The molecular weight excluding hydrogens is 174 g/mol. The molecule has 0 unspecified atom stereocenters. The predicted molar refractivity (Wildman–Crippen MR) is 55.6 cm³/mol. The summed E-state index contributed by atoms with van der Waals surface area (Å²) in [6.45, 7) is 2.77. The summed E-state index contributed by atoms with van der Waals surface area (Å²) in [6.07, 6.45) is 1.06. The number of rotatable bonds is 3. The lowest BCUT2D eigenvalue weighted by molar-refractivity contribution is -0.122. The summed E-state index contributed by atoms with van der Waals surface area (Å²) in [7, 11) is 0. The quantitative estimate of drug-likeness (QED) is 0.773. The molecule has 74 valence electrons. The van der Waals surface area contributed by atoms with E-state index in [2.05, 4.69) is 12.2 Å². The standard InChI is InChI=1S/C12H15NO/c1-9-7-11(9)12(14)13-8-10-5-3-2-4-6-10/h2-6,9,11H,7-8H2,1H3,(H,13,14)/t9-,11-/m0/s1. The molecule has 0 saturated heterocycles. The molecule has 1 aliphatic rings. The number of benzene rings is 1. The van der Waals surface area contributed by atoms with Crippen LogP contribution >= 0.6 is 0 Å². The number of amides is 1. The zero-order valence-corrected chi connectivity index (χ0v) is 8.36. The first-order valence-electron chi connectivity index (χ1n) is 5.09. The molecule has 0 spiro atoms. The molecule has 0 aliphatic heterocycles. The van der Waals surface area contributed by atoms with Gasteiger partial charge in [0.1, 0.15) is 0 Å². The monoisotopic (exact) mass is 189 g/mol. The van der Waals surface area contributed by atoms with E-state index in [9.17, 15) is 4.79 Å². The van der Waals surface area contributed by atoms with Crippen LogP contribution in [0.25, 0.3) is 0 Å². The summed E-state index contributed by atoms with van der Waals surface area (Å²) < 4.78 is 0. The normalized spacial score (nSPS) is 24.4. The Morgan fingerprint density at radius 2 is 2.07 bits per heavy atom. The summed E-state index contributed by atoms with van der Waals surface area (Å²) in [5.41, 5.74) is 1.16. The highest BCUT2D eigenvalue weighted by molar-refractivity contribution is 5.81. The van der Waals surface area contributed by atoms with Gasteiger partial charge in [-0.15, -0.1) is 0 Å². The maximum atomic E-state index is 11.5. The fourth-order valence-corrected chi connectivity index (χ4v) is 1.60. The Kier molecular flexibility index (Phi) is 2.53. The van der Waals surface area contributed by atoms with E-state index in [0.29, 0.717) is 12.5 Å². The highest BCUT2D eigenvalue weighted by Crippen LogP contribution is 2.37. The third kappa shape index (κ3) is 2.13. The average molecular weight is 189 g/mol. The van der Waals surface area contributed by atoms with Crippen molar-refractivity contribution in [1.82, 2.24) is 5.32 Å². The van der Waals surface area contributed by atoms with E-state index in [1.807, 2.05) is 30.3 Å². The fraction of sp³-hybridized carbons (Fsp3) is 0.417. The van der Waals surface area contributed by atoms with Crippen LogP contribution in [0.1, 0.15) is 18.9 Å².